The van der Waals surface area contributed by atoms with Crippen LogP contribution in [-0.2, 0) is 37.4 Å². The van der Waals surface area contributed by atoms with E-state index < -0.39 is 51.5 Å². The maximum absolute atomic E-state index is 12.9. The van der Waals surface area contributed by atoms with Gasteiger partial charge in [0.15, 0.2) is 0 Å². The second-order valence-electron chi connectivity index (χ2n) is 10.1. The first-order chi connectivity index (χ1) is 18.7. The lowest BCUT2D eigenvalue weighted by molar-refractivity contribution is -0.153. The quantitative estimate of drug-likeness (QED) is 0.249. The zero-order valence-corrected chi connectivity index (χ0v) is 24.9. The van der Waals surface area contributed by atoms with E-state index in [1.807, 2.05) is 19.9 Å². The molecule has 0 spiro atoms. The Labute approximate surface area is 238 Å². The van der Waals surface area contributed by atoms with Crippen molar-refractivity contribution < 1.29 is 37.8 Å². The van der Waals surface area contributed by atoms with Crippen molar-refractivity contribution in [1.29, 1.82) is 0 Å². The maximum Gasteiger partial charge on any atom is 0.357 e. The van der Waals surface area contributed by atoms with Crippen molar-refractivity contribution in [1.82, 2.24) is 10.2 Å². The molecule has 40 heavy (non-hydrogen) atoms. The Balaban J connectivity index is 2.43. The highest BCUT2D eigenvalue weighted by Crippen LogP contribution is 2.38. The van der Waals surface area contributed by atoms with E-state index in [0.717, 1.165) is 4.88 Å². The Hall–Kier alpha value is -3.45. The van der Waals surface area contributed by atoms with Gasteiger partial charge in [0, 0.05) is 30.0 Å². The molecule has 0 aliphatic rings. The topological polar surface area (TPSA) is 170 Å². The average Bonchev–Trinajstić information content (AvgIpc) is 3.22. The molecular weight excluding hydrogens is 558 g/mol. The molecule has 1 atom stereocenters. The van der Waals surface area contributed by atoms with Crippen molar-refractivity contribution in [3.05, 3.63) is 40.8 Å². The molecule has 0 aliphatic heterocycles. The first-order valence-corrected chi connectivity index (χ1v) is 15.2. The van der Waals surface area contributed by atoms with E-state index in [0.29, 0.717) is 34.0 Å². The van der Waals surface area contributed by atoms with E-state index in [1.165, 1.54) is 16.2 Å². The second-order valence-corrected chi connectivity index (χ2v) is 12.8. The lowest BCUT2D eigenvalue weighted by Crippen LogP contribution is -2.47. The molecule has 1 unspecified atom stereocenters. The molecule has 0 saturated carbocycles. The fourth-order valence-electron chi connectivity index (χ4n) is 4.11. The maximum atomic E-state index is 12.9. The summed E-state index contributed by atoms with van der Waals surface area (Å²) in [6, 6.07) is 7.58. The zero-order chi connectivity index (χ0) is 30.2. The van der Waals surface area contributed by atoms with Crippen molar-refractivity contribution in [3.63, 3.8) is 0 Å². The summed E-state index contributed by atoms with van der Waals surface area (Å²) >= 11 is 1.25. The van der Waals surface area contributed by atoms with Gasteiger partial charge in [-0.05, 0) is 42.4 Å². The van der Waals surface area contributed by atoms with Crippen LogP contribution in [0.25, 0.3) is 11.1 Å². The van der Waals surface area contributed by atoms with E-state index >= 15 is 0 Å². The van der Waals surface area contributed by atoms with E-state index in [-0.39, 0.29) is 19.5 Å². The molecule has 0 aliphatic carbocycles. The summed E-state index contributed by atoms with van der Waals surface area (Å²) in [6.45, 7) is 9.16. The molecular formula is C27H37N3O8S2. The number of carbonyl (C=O) groups excluding carboxylic acids is 2. The highest BCUT2D eigenvalue weighted by atomic mass is 32.2. The van der Waals surface area contributed by atoms with Gasteiger partial charge in [-0.1, -0.05) is 52.0 Å². The molecule has 11 nitrogen and oxygen atoms in total. The molecule has 1 aromatic heterocycles. The van der Waals surface area contributed by atoms with Crippen LogP contribution < -0.4 is 10.0 Å². The van der Waals surface area contributed by atoms with Gasteiger partial charge in [-0.2, -0.15) is 8.42 Å². The van der Waals surface area contributed by atoms with Gasteiger partial charge in [-0.15, -0.1) is 11.3 Å². The Morgan fingerprint density at radius 2 is 1.62 bits per heavy atom. The summed E-state index contributed by atoms with van der Waals surface area (Å²) in [5.74, 6) is -3.02. The standard InChI is InChI=1S/C27H37N3O8S2/c1-6-28-27(36)40(37,38)29-25-21(14-20(39-25)13-16(2)3)19-9-7-18(8-10-19)15-30(22(31)11-12-23(32)33)24(17(4)5)26(34)35/h7-10,14,16-17,24,29H,6,11-13,15H2,1-5H3,(H,28,36)(H,32,33)(H,34,35). The Bertz CT molecular complexity index is 1320. The summed E-state index contributed by atoms with van der Waals surface area (Å²) in [6.07, 6.45) is -0.0328. The van der Waals surface area contributed by atoms with Crippen molar-refractivity contribution in [2.45, 2.75) is 66.5 Å². The number of amides is 2. The molecule has 13 heteroatoms. The fourth-order valence-corrected chi connectivity index (χ4v) is 6.53. The van der Waals surface area contributed by atoms with Crippen molar-refractivity contribution in [2.24, 2.45) is 11.8 Å². The van der Waals surface area contributed by atoms with Crippen molar-refractivity contribution in [2.75, 3.05) is 11.3 Å². The molecule has 2 amide bonds. The lowest BCUT2D eigenvalue weighted by atomic mass is 10.00. The number of nitrogens with zero attached hydrogens (tertiary/aromatic N) is 1. The first kappa shape index (κ1) is 32.8. The normalized spacial score (nSPS) is 12.3. The Morgan fingerprint density at radius 3 is 2.12 bits per heavy atom. The SMILES string of the molecule is CCNC(=O)S(=O)(=O)Nc1sc(CC(C)C)cc1-c1ccc(CN(C(=O)CCC(=O)O)C(C(=O)O)C(C)C)cc1. The van der Waals surface area contributed by atoms with Crippen LogP contribution in [-0.4, -0.2) is 59.2 Å². The molecule has 0 bridgehead atoms. The molecule has 2 aromatic rings. The largest absolute Gasteiger partial charge is 0.481 e. The third-order valence-corrected chi connectivity index (χ3v) is 8.20. The number of sulfonamides is 1. The number of carbonyl (C=O) groups is 4. The van der Waals surface area contributed by atoms with Gasteiger partial charge in [-0.3, -0.25) is 19.1 Å². The smallest absolute Gasteiger partial charge is 0.357 e. The highest BCUT2D eigenvalue weighted by Gasteiger charge is 2.32. The van der Waals surface area contributed by atoms with E-state index in [2.05, 4.69) is 10.0 Å². The van der Waals surface area contributed by atoms with Crippen LogP contribution in [0, 0.1) is 11.8 Å². The number of nitrogens with one attached hydrogen (secondary N) is 2. The average molecular weight is 596 g/mol. The van der Waals surface area contributed by atoms with Crippen molar-refractivity contribution >= 4 is 49.4 Å². The summed E-state index contributed by atoms with van der Waals surface area (Å²) < 4.78 is 27.6. The molecule has 1 heterocycles. The molecule has 220 valence electrons. The van der Waals surface area contributed by atoms with Gasteiger partial charge >= 0.3 is 27.2 Å². The number of carboxylic acids is 2. The number of anilines is 1. The minimum atomic E-state index is -4.32. The number of hydrogen-bond acceptors (Lipinski definition) is 7. The van der Waals surface area contributed by atoms with Crippen LogP contribution in [0.15, 0.2) is 30.3 Å². The monoisotopic (exact) mass is 595 g/mol. The minimum Gasteiger partial charge on any atom is -0.481 e. The summed E-state index contributed by atoms with van der Waals surface area (Å²) in [5, 5.41) is 20.2. The van der Waals surface area contributed by atoms with E-state index in [1.54, 1.807) is 45.0 Å². The number of aliphatic carboxylic acids is 2. The Morgan fingerprint density at radius 1 is 1.00 bits per heavy atom. The first-order valence-electron chi connectivity index (χ1n) is 12.9. The van der Waals surface area contributed by atoms with Crippen LogP contribution >= 0.6 is 11.3 Å². The van der Waals surface area contributed by atoms with Gasteiger partial charge < -0.3 is 20.4 Å². The number of thiophene rings is 1. The van der Waals surface area contributed by atoms with Crippen molar-refractivity contribution in [3.8, 4) is 11.1 Å². The second kappa shape index (κ2) is 14.3. The molecule has 0 saturated heterocycles. The predicted octanol–water partition coefficient (Wildman–Crippen LogP) is 4.39. The molecule has 0 fully saturated rings. The van der Waals surface area contributed by atoms with Crippen LogP contribution in [0.1, 0.15) is 57.9 Å². The predicted molar refractivity (Wildman–Crippen MR) is 154 cm³/mol. The van der Waals surface area contributed by atoms with Gasteiger partial charge in [0.25, 0.3) is 0 Å². The molecule has 0 radical (unpaired) electrons. The Kier molecular flexibility index (Phi) is 11.7. The third kappa shape index (κ3) is 9.05. The van der Waals surface area contributed by atoms with Crippen LogP contribution in [0.3, 0.4) is 0 Å². The number of rotatable bonds is 14. The van der Waals surface area contributed by atoms with E-state index in [9.17, 15) is 32.7 Å². The van der Waals surface area contributed by atoms with Gasteiger partial charge in [0.05, 0.1) is 6.42 Å². The van der Waals surface area contributed by atoms with Gasteiger partial charge in [0.1, 0.15) is 11.0 Å². The molecule has 2 rings (SSSR count). The molecule has 1 aromatic carbocycles. The van der Waals surface area contributed by atoms with Gasteiger partial charge in [-0.25, -0.2) is 4.79 Å². The van der Waals surface area contributed by atoms with E-state index in [4.69, 9.17) is 5.11 Å². The van der Waals surface area contributed by atoms with Crippen LogP contribution in [0.4, 0.5) is 9.80 Å². The zero-order valence-electron chi connectivity index (χ0n) is 23.3. The molecule has 4 N–H and O–H groups in total. The fraction of sp³-hybridized carbons (Fsp3) is 0.481. The number of hydrogen-bond donors (Lipinski definition) is 4. The highest BCUT2D eigenvalue weighted by molar-refractivity contribution is 8.07. The number of carboxylic acid groups (broad SMARTS) is 2. The summed E-state index contributed by atoms with van der Waals surface area (Å²) in [7, 11) is -4.32. The number of benzene rings is 1. The minimum absolute atomic E-state index is 0.0488. The van der Waals surface area contributed by atoms with Crippen LogP contribution in [0.5, 0.6) is 0 Å². The summed E-state index contributed by atoms with van der Waals surface area (Å²) in [4.78, 5) is 50.0. The summed E-state index contributed by atoms with van der Waals surface area (Å²) in [5.41, 5.74) is 1.85. The lowest BCUT2D eigenvalue weighted by Gasteiger charge is -2.31. The van der Waals surface area contributed by atoms with Crippen LogP contribution in [0.2, 0.25) is 0 Å². The van der Waals surface area contributed by atoms with Gasteiger partial charge in [0.2, 0.25) is 5.91 Å². The third-order valence-electron chi connectivity index (χ3n) is 5.90.